The van der Waals surface area contributed by atoms with Crippen molar-refractivity contribution in [1.82, 2.24) is 15.0 Å². The summed E-state index contributed by atoms with van der Waals surface area (Å²) in [5.41, 5.74) is 0. The van der Waals surface area contributed by atoms with Gasteiger partial charge in [-0.15, -0.1) is 0 Å². The quantitative estimate of drug-likeness (QED) is 0.848. The molecule has 2 aliphatic rings. The highest BCUT2D eigenvalue weighted by Crippen LogP contribution is 2.19. The first-order valence-corrected chi connectivity index (χ1v) is 7.85. The van der Waals surface area contributed by atoms with Crippen molar-refractivity contribution in [3.8, 4) is 0 Å². The molecule has 3 rings (SSSR count). The molecule has 2 N–H and O–H groups in total. The smallest absolute Gasteiger partial charge is 0.231 e. The Bertz CT molecular complexity index is 457. The average Bonchev–Trinajstić information content (AvgIpc) is 3.08. The maximum absolute atomic E-state index is 5.39. The van der Waals surface area contributed by atoms with Crippen LogP contribution in [0.1, 0.15) is 25.7 Å². The van der Waals surface area contributed by atoms with E-state index in [1.54, 1.807) is 0 Å². The molecule has 2 fully saturated rings. The van der Waals surface area contributed by atoms with Crippen LogP contribution in [0.4, 0.5) is 17.8 Å². The Labute approximate surface area is 125 Å². The van der Waals surface area contributed by atoms with Crippen molar-refractivity contribution in [2.45, 2.75) is 25.7 Å². The van der Waals surface area contributed by atoms with Crippen LogP contribution in [-0.4, -0.2) is 54.8 Å². The second-order valence-corrected chi connectivity index (χ2v) is 5.66. The van der Waals surface area contributed by atoms with Gasteiger partial charge in [-0.3, -0.25) is 0 Å². The van der Waals surface area contributed by atoms with Gasteiger partial charge in [0.2, 0.25) is 17.8 Å². The van der Waals surface area contributed by atoms with E-state index in [4.69, 9.17) is 4.74 Å². The molecule has 0 saturated carbocycles. The third-order valence-corrected chi connectivity index (χ3v) is 4.13. The standard InChI is InChI=1S/C14H24N6O/c1-15-12-17-13(16-10-11-4-8-21-9-5-11)19-14(18-12)20-6-2-3-7-20/h11H,2-10H2,1H3,(H2,15,16,17,18,19). The highest BCUT2D eigenvalue weighted by molar-refractivity contribution is 5.44. The zero-order valence-electron chi connectivity index (χ0n) is 12.6. The molecular formula is C14H24N6O. The fraction of sp³-hybridized carbons (Fsp3) is 0.786. The van der Waals surface area contributed by atoms with Crippen molar-refractivity contribution in [1.29, 1.82) is 0 Å². The second kappa shape index (κ2) is 6.89. The summed E-state index contributed by atoms with van der Waals surface area (Å²) in [6, 6.07) is 0. The third-order valence-electron chi connectivity index (χ3n) is 4.13. The van der Waals surface area contributed by atoms with Gasteiger partial charge < -0.3 is 20.3 Å². The number of anilines is 3. The lowest BCUT2D eigenvalue weighted by Crippen LogP contribution is -2.25. The molecular weight excluding hydrogens is 268 g/mol. The molecule has 0 radical (unpaired) electrons. The fourth-order valence-electron chi connectivity index (χ4n) is 2.80. The lowest BCUT2D eigenvalue weighted by Gasteiger charge is -2.22. The Morgan fingerprint density at radius 1 is 1.10 bits per heavy atom. The number of ether oxygens (including phenoxy) is 1. The van der Waals surface area contributed by atoms with Crippen molar-refractivity contribution in [3.05, 3.63) is 0 Å². The molecule has 0 bridgehead atoms. The summed E-state index contributed by atoms with van der Waals surface area (Å²) in [5.74, 6) is 2.72. The molecule has 0 unspecified atom stereocenters. The molecule has 3 heterocycles. The van der Waals surface area contributed by atoms with Crippen LogP contribution in [0.5, 0.6) is 0 Å². The summed E-state index contributed by atoms with van der Waals surface area (Å²) < 4.78 is 5.39. The monoisotopic (exact) mass is 292 g/mol. The van der Waals surface area contributed by atoms with Crippen molar-refractivity contribution in [2.75, 3.05) is 55.4 Å². The number of nitrogens with one attached hydrogen (secondary N) is 2. The first-order valence-electron chi connectivity index (χ1n) is 7.85. The van der Waals surface area contributed by atoms with E-state index in [-0.39, 0.29) is 0 Å². The molecule has 0 atom stereocenters. The fourth-order valence-corrected chi connectivity index (χ4v) is 2.80. The predicted octanol–water partition coefficient (Wildman–Crippen LogP) is 1.35. The zero-order valence-corrected chi connectivity index (χ0v) is 12.6. The van der Waals surface area contributed by atoms with Gasteiger partial charge in [0.05, 0.1) is 0 Å². The van der Waals surface area contributed by atoms with Gasteiger partial charge in [0.1, 0.15) is 0 Å². The van der Waals surface area contributed by atoms with Crippen LogP contribution in [0.2, 0.25) is 0 Å². The molecule has 7 nitrogen and oxygen atoms in total. The van der Waals surface area contributed by atoms with Gasteiger partial charge in [0, 0.05) is 39.9 Å². The van der Waals surface area contributed by atoms with Gasteiger partial charge in [0.25, 0.3) is 0 Å². The minimum absolute atomic E-state index is 0.626. The average molecular weight is 292 g/mol. The highest BCUT2D eigenvalue weighted by atomic mass is 16.5. The van der Waals surface area contributed by atoms with Crippen molar-refractivity contribution < 1.29 is 4.74 Å². The first kappa shape index (κ1) is 14.3. The van der Waals surface area contributed by atoms with Crippen molar-refractivity contribution in [2.24, 2.45) is 5.92 Å². The summed E-state index contributed by atoms with van der Waals surface area (Å²) in [6.45, 7) is 4.70. The van der Waals surface area contributed by atoms with E-state index >= 15 is 0 Å². The van der Waals surface area contributed by atoms with Crippen LogP contribution in [0.3, 0.4) is 0 Å². The SMILES string of the molecule is CNc1nc(NCC2CCOCC2)nc(N2CCCC2)n1. The van der Waals surface area contributed by atoms with Gasteiger partial charge >= 0.3 is 0 Å². The Morgan fingerprint density at radius 3 is 2.52 bits per heavy atom. The van der Waals surface area contributed by atoms with Crippen LogP contribution < -0.4 is 15.5 Å². The van der Waals surface area contributed by atoms with E-state index in [0.29, 0.717) is 17.8 Å². The molecule has 0 aromatic carbocycles. The summed E-state index contributed by atoms with van der Waals surface area (Å²) in [7, 11) is 1.84. The van der Waals surface area contributed by atoms with E-state index in [1.165, 1.54) is 12.8 Å². The second-order valence-electron chi connectivity index (χ2n) is 5.66. The molecule has 0 spiro atoms. The van der Waals surface area contributed by atoms with Gasteiger partial charge in [0.15, 0.2) is 0 Å². The van der Waals surface area contributed by atoms with E-state index in [9.17, 15) is 0 Å². The third kappa shape index (κ3) is 3.72. The number of nitrogens with zero attached hydrogens (tertiary/aromatic N) is 4. The highest BCUT2D eigenvalue weighted by Gasteiger charge is 2.18. The molecule has 0 amide bonds. The van der Waals surface area contributed by atoms with Crippen molar-refractivity contribution in [3.63, 3.8) is 0 Å². The molecule has 21 heavy (non-hydrogen) atoms. The molecule has 1 aromatic heterocycles. The zero-order chi connectivity index (χ0) is 14.5. The predicted molar refractivity (Wildman–Crippen MR) is 82.9 cm³/mol. The van der Waals surface area contributed by atoms with Crippen LogP contribution >= 0.6 is 0 Å². The first-order chi connectivity index (χ1) is 10.3. The Balaban J connectivity index is 1.66. The molecule has 7 heteroatoms. The number of rotatable bonds is 5. The molecule has 2 saturated heterocycles. The molecule has 2 aliphatic heterocycles. The van der Waals surface area contributed by atoms with Crippen LogP contribution in [0, 0.1) is 5.92 Å². The van der Waals surface area contributed by atoms with Crippen LogP contribution in [0.25, 0.3) is 0 Å². The van der Waals surface area contributed by atoms with Crippen LogP contribution in [-0.2, 0) is 4.74 Å². The largest absolute Gasteiger partial charge is 0.381 e. The number of aromatic nitrogens is 3. The van der Waals surface area contributed by atoms with Crippen molar-refractivity contribution >= 4 is 17.8 Å². The minimum Gasteiger partial charge on any atom is -0.381 e. The maximum Gasteiger partial charge on any atom is 0.231 e. The summed E-state index contributed by atoms with van der Waals surface area (Å²) in [4.78, 5) is 15.7. The molecule has 1 aromatic rings. The summed E-state index contributed by atoms with van der Waals surface area (Å²) >= 11 is 0. The van der Waals surface area contributed by atoms with Gasteiger partial charge in [-0.25, -0.2) is 0 Å². The topological polar surface area (TPSA) is 75.2 Å². The summed E-state index contributed by atoms with van der Waals surface area (Å²) in [6.07, 6.45) is 4.64. The van der Waals surface area contributed by atoms with E-state index in [2.05, 4.69) is 30.5 Å². The Kier molecular flexibility index (Phi) is 4.69. The molecule has 0 aliphatic carbocycles. The normalized spacial score (nSPS) is 19.8. The lowest BCUT2D eigenvalue weighted by atomic mass is 10.0. The minimum atomic E-state index is 0.626. The maximum atomic E-state index is 5.39. The van der Waals surface area contributed by atoms with E-state index in [1.807, 2.05) is 7.05 Å². The van der Waals surface area contributed by atoms with Gasteiger partial charge in [-0.05, 0) is 31.6 Å². The van der Waals surface area contributed by atoms with E-state index in [0.717, 1.165) is 51.6 Å². The van der Waals surface area contributed by atoms with Crippen LogP contribution in [0.15, 0.2) is 0 Å². The number of hydrogen-bond acceptors (Lipinski definition) is 7. The summed E-state index contributed by atoms with van der Waals surface area (Å²) in [5, 5.41) is 6.39. The Morgan fingerprint density at radius 2 is 1.81 bits per heavy atom. The molecule has 116 valence electrons. The van der Waals surface area contributed by atoms with Gasteiger partial charge in [-0.2, -0.15) is 15.0 Å². The van der Waals surface area contributed by atoms with Gasteiger partial charge in [-0.1, -0.05) is 0 Å². The number of hydrogen-bond donors (Lipinski definition) is 2. The lowest BCUT2D eigenvalue weighted by molar-refractivity contribution is 0.0699. The Hall–Kier alpha value is -1.63. The van der Waals surface area contributed by atoms with E-state index < -0.39 is 0 Å².